The highest BCUT2D eigenvalue weighted by Crippen LogP contribution is 2.24. The lowest BCUT2D eigenvalue weighted by Crippen LogP contribution is -2.21. The van der Waals surface area contributed by atoms with Gasteiger partial charge in [-0.05, 0) is 63.7 Å². The third-order valence-corrected chi connectivity index (χ3v) is 5.97. The van der Waals surface area contributed by atoms with E-state index < -0.39 is 0 Å². The average Bonchev–Trinajstić information content (AvgIpc) is 3.21. The van der Waals surface area contributed by atoms with Gasteiger partial charge in [0, 0.05) is 5.56 Å². The first kappa shape index (κ1) is 23.6. The van der Waals surface area contributed by atoms with Crippen molar-refractivity contribution in [2.45, 2.75) is 40.8 Å². The average molecular weight is 481 g/mol. The molecule has 0 radical (unpaired) electrons. The molecule has 6 nitrogen and oxygen atoms in total. The molecule has 0 aliphatic carbocycles. The number of thiocarbonyl (C=S) groups is 1. The molecule has 176 valence electrons. The Kier molecular flexibility index (Phi) is 6.74. The number of halogens is 2. The van der Waals surface area contributed by atoms with Gasteiger partial charge < -0.3 is 10.6 Å². The number of anilines is 2. The fourth-order valence-corrected chi connectivity index (χ4v) is 4.08. The quantitative estimate of drug-likeness (QED) is 0.357. The molecule has 0 spiro atoms. The Morgan fingerprint density at radius 2 is 1.32 bits per heavy atom. The summed E-state index contributed by atoms with van der Waals surface area (Å²) in [6, 6.07) is 13.0. The van der Waals surface area contributed by atoms with Crippen molar-refractivity contribution in [1.29, 1.82) is 0 Å². The summed E-state index contributed by atoms with van der Waals surface area (Å²) in [5, 5.41) is 16.0. The molecule has 4 aromatic rings. The Balaban J connectivity index is 1.48. The molecule has 0 saturated carbocycles. The van der Waals surface area contributed by atoms with Crippen LogP contribution in [0.4, 0.5) is 20.2 Å². The van der Waals surface area contributed by atoms with Gasteiger partial charge in [-0.3, -0.25) is 9.36 Å². The zero-order valence-electron chi connectivity index (χ0n) is 19.5. The molecule has 0 bridgehead atoms. The predicted molar refractivity (Wildman–Crippen MR) is 134 cm³/mol. The van der Waals surface area contributed by atoms with Crippen molar-refractivity contribution < 1.29 is 8.78 Å². The topological polar surface area (TPSA) is 59.7 Å². The van der Waals surface area contributed by atoms with Crippen molar-refractivity contribution in [3.05, 3.63) is 94.1 Å². The van der Waals surface area contributed by atoms with E-state index in [2.05, 4.69) is 20.8 Å². The highest BCUT2D eigenvalue weighted by Gasteiger charge is 2.17. The molecule has 9 heteroatoms. The van der Waals surface area contributed by atoms with E-state index in [1.165, 1.54) is 18.2 Å². The summed E-state index contributed by atoms with van der Waals surface area (Å²) in [6.07, 6.45) is 0. The minimum absolute atomic E-state index is 0.259. The van der Waals surface area contributed by atoms with E-state index in [0.717, 1.165) is 39.7 Å². The van der Waals surface area contributed by atoms with Crippen molar-refractivity contribution in [2.75, 3.05) is 10.6 Å². The lowest BCUT2D eigenvalue weighted by molar-refractivity contribution is 0.579. The smallest absolute Gasteiger partial charge is 0.175 e. The Morgan fingerprint density at radius 1 is 0.794 bits per heavy atom. The van der Waals surface area contributed by atoms with Crippen molar-refractivity contribution >= 4 is 28.7 Å². The maximum Gasteiger partial charge on any atom is 0.175 e. The third-order valence-electron chi connectivity index (χ3n) is 5.76. The summed E-state index contributed by atoms with van der Waals surface area (Å²) in [5.41, 5.74) is 6.44. The Bertz CT molecular complexity index is 1340. The Hall–Kier alpha value is -3.59. The van der Waals surface area contributed by atoms with Gasteiger partial charge in [-0.15, -0.1) is 0 Å². The zero-order chi connectivity index (χ0) is 24.4. The largest absolute Gasteiger partial charge is 0.329 e. The third kappa shape index (κ3) is 4.99. The van der Waals surface area contributed by atoms with Gasteiger partial charge in [0.15, 0.2) is 5.11 Å². The number of hydrogen-bond donors (Lipinski definition) is 2. The first-order valence-electron chi connectivity index (χ1n) is 10.9. The first-order valence-corrected chi connectivity index (χ1v) is 11.3. The molecular weight excluding hydrogens is 454 g/mol. The molecule has 2 heterocycles. The second kappa shape index (κ2) is 9.72. The van der Waals surface area contributed by atoms with Gasteiger partial charge in [0.25, 0.3) is 0 Å². The van der Waals surface area contributed by atoms with Gasteiger partial charge in [-0.1, -0.05) is 30.3 Å². The van der Waals surface area contributed by atoms with Crippen LogP contribution >= 0.6 is 12.2 Å². The SMILES string of the molecule is Cc1nn(Cc2ccc(F)cc2)c(C)c1NC(=S)Nc1c(C)nn(Cc2ccccc2F)c1C. The standard InChI is InChI=1S/C25H26F2N6S/c1-15-23(17(3)32(30-15)13-19-9-11-21(26)12-10-19)28-25(34)29-24-16(2)31-33(18(24)4)14-20-7-5-6-8-22(20)27/h5-12H,13-14H2,1-4H3,(H2,28,29,34). The summed E-state index contributed by atoms with van der Waals surface area (Å²) in [4.78, 5) is 0. The maximum atomic E-state index is 14.1. The highest BCUT2D eigenvalue weighted by atomic mass is 32.1. The lowest BCUT2D eigenvalue weighted by Gasteiger charge is -2.12. The number of aryl methyl sites for hydroxylation is 2. The minimum atomic E-state index is -0.265. The normalized spacial score (nSPS) is 11.0. The van der Waals surface area contributed by atoms with Crippen LogP contribution in [0.25, 0.3) is 0 Å². The van der Waals surface area contributed by atoms with Crippen molar-refractivity contribution in [3.8, 4) is 0 Å². The van der Waals surface area contributed by atoms with Gasteiger partial charge in [0.1, 0.15) is 11.6 Å². The van der Waals surface area contributed by atoms with E-state index in [-0.39, 0.29) is 11.6 Å². The summed E-state index contributed by atoms with van der Waals surface area (Å²) in [5.74, 6) is -0.524. The molecule has 0 atom stereocenters. The van der Waals surface area contributed by atoms with Gasteiger partial charge in [0.2, 0.25) is 0 Å². The number of rotatable bonds is 6. The second-order valence-electron chi connectivity index (χ2n) is 8.20. The summed E-state index contributed by atoms with van der Waals surface area (Å²) in [6.45, 7) is 8.51. The Labute approximate surface area is 202 Å². The Morgan fingerprint density at radius 3 is 1.88 bits per heavy atom. The van der Waals surface area contributed by atoms with Crippen LogP contribution in [0.5, 0.6) is 0 Å². The van der Waals surface area contributed by atoms with Crippen molar-refractivity contribution in [2.24, 2.45) is 0 Å². The molecule has 2 aromatic carbocycles. The molecule has 34 heavy (non-hydrogen) atoms. The van der Waals surface area contributed by atoms with Crippen LogP contribution in [-0.4, -0.2) is 24.7 Å². The molecule has 0 fully saturated rings. The summed E-state index contributed by atoms with van der Waals surface area (Å²) < 4.78 is 30.9. The fraction of sp³-hybridized carbons (Fsp3) is 0.240. The van der Waals surface area contributed by atoms with Gasteiger partial charge in [-0.25, -0.2) is 8.78 Å². The molecule has 0 saturated heterocycles. The minimum Gasteiger partial charge on any atom is -0.329 e. The highest BCUT2D eigenvalue weighted by molar-refractivity contribution is 7.80. The van der Waals surface area contributed by atoms with Gasteiger partial charge >= 0.3 is 0 Å². The molecule has 2 N–H and O–H groups in total. The number of aromatic nitrogens is 4. The molecule has 0 aliphatic heterocycles. The monoisotopic (exact) mass is 480 g/mol. The zero-order valence-corrected chi connectivity index (χ0v) is 20.3. The van der Waals surface area contributed by atoms with Gasteiger partial charge in [-0.2, -0.15) is 10.2 Å². The van der Waals surface area contributed by atoms with Crippen LogP contribution in [0.3, 0.4) is 0 Å². The summed E-state index contributed by atoms with van der Waals surface area (Å²) in [7, 11) is 0. The van der Waals surface area contributed by atoms with Crippen LogP contribution in [0.1, 0.15) is 33.9 Å². The fourth-order valence-electron chi connectivity index (χ4n) is 3.87. The molecule has 2 aromatic heterocycles. The van der Waals surface area contributed by atoms with E-state index in [1.54, 1.807) is 28.9 Å². The van der Waals surface area contributed by atoms with E-state index in [4.69, 9.17) is 12.2 Å². The predicted octanol–water partition coefficient (Wildman–Crippen LogP) is 5.50. The van der Waals surface area contributed by atoms with E-state index in [9.17, 15) is 8.78 Å². The molecule has 0 aliphatic rings. The van der Waals surface area contributed by atoms with Crippen LogP contribution < -0.4 is 10.6 Å². The number of nitrogens with zero attached hydrogens (tertiary/aromatic N) is 4. The van der Waals surface area contributed by atoms with Gasteiger partial charge in [0.05, 0.1) is 47.2 Å². The van der Waals surface area contributed by atoms with Crippen LogP contribution in [0.15, 0.2) is 48.5 Å². The summed E-state index contributed by atoms with van der Waals surface area (Å²) >= 11 is 5.57. The van der Waals surface area contributed by atoms with E-state index >= 15 is 0 Å². The van der Waals surface area contributed by atoms with Crippen LogP contribution in [0.2, 0.25) is 0 Å². The molecule has 4 rings (SSSR count). The van der Waals surface area contributed by atoms with Crippen molar-refractivity contribution in [1.82, 2.24) is 19.6 Å². The maximum absolute atomic E-state index is 14.1. The molecule has 0 amide bonds. The second-order valence-corrected chi connectivity index (χ2v) is 8.61. The number of benzene rings is 2. The van der Waals surface area contributed by atoms with E-state index in [1.807, 2.05) is 38.4 Å². The van der Waals surface area contributed by atoms with Crippen LogP contribution in [-0.2, 0) is 13.1 Å². The molecular formula is C25H26F2N6S. The first-order chi connectivity index (χ1) is 16.2. The molecule has 0 unspecified atom stereocenters. The van der Waals surface area contributed by atoms with Crippen molar-refractivity contribution in [3.63, 3.8) is 0 Å². The van der Waals surface area contributed by atoms with E-state index in [0.29, 0.717) is 23.8 Å². The number of hydrogen-bond acceptors (Lipinski definition) is 3. The lowest BCUT2D eigenvalue weighted by atomic mass is 10.2. The number of nitrogens with one attached hydrogen (secondary N) is 2. The van der Waals surface area contributed by atoms with Crippen LogP contribution in [0, 0.1) is 39.3 Å².